The summed E-state index contributed by atoms with van der Waals surface area (Å²) in [6, 6.07) is 11.8. The summed E-state index contributed by atoms with van der Waals surface area (Å²) in [5.41, 5.74) is 4.50. The molecule has 0 amide bonds. The lowest BCUT2D eigenvalue weighted by atomic mass is 9.87. The molecule has 194 valence electrons. The number of hydrogen-bond donors (Lipinski definition) is 2. The van der Waals surface area contributed by atoms with Crippen molar-refractivity contribution in [2.24, 2.45) is 0 Å². The van der Waals surface area contributed by atoms with Crippen molar-refractivity contribution in [1.29, 1.82) is 0 Å². The summed E-state index contributed by atoms with van der Waals surface area (Å²) in [6.07, 6.45) is 8.30. The summed E-state index contributed by atoms with van der Waals surface area (Å²) >= 11 is 0. The van der Waals surface area contributed by atoms with Crippen LogP contribution in [0.1, 0.15) is 72.9 Å². The number of nitrogens with one attached hydrogen (secondary N) is 1. The number of fused-ring (bicyclic) bond motifs is 1. The first-order valence-electron chi connectivity index (χ1n) is 13.7. The third-order valence-corrected chi connectivity index (χ3v) is 7.80. The second kappa shape index (κ2) is 12.2. The fourth-order valence-corrected chi connectivity index (χ4v) is 5.89. The van der Waals surface area contributed by atoms with E-state index in [1.165, 1.54) is 12.0 Å². The van der Waals surface area contributed by atoms with Gasteiger partial charge in [0.1, 0.15) is 11.9 Å². The zero-order valence-corrected chi connectivity index (χ0v) is 21.2. The van der Waals surface area contributed by atoms with E-state index in [-0.39, 0.29) is 12.0 Å². The Bertz CT molecular complexity index is 1020. The molecule has 3 aliphatic heterocycles. The quantitative estimate of drug-likeness (QED) is 0.469. The average molecular weight is 494 g/mol. The molecule has 7 heteroatoms. The Balaban J connectivity index is 1.11. The SMILES string of the molecule is O=C(O)C(c1ccccc1C1CCCOC1)N1CC[C@@H](OCCCCc2ccc3c(n2)NCCC3)C1. The molecule has 5 rings (SSSR count). The molecule has 0 bridgehead atoms. The van der Waals surface area contributed by atoms with Crippen molar-refractivity contribution in [2.75, 3.05) is 44.8 Å². The normalized spacial score (nSPS) is 23.1. The van der Waals surface area contributed by atoms with Gasteiger partial charge in [-0.25, -0.2) is 4.98 Å². The Morgan fingerprint density at radius 3 is 2.97 bits per heavy atom. The zero-order chi connectivity index (χ0) is 24.7. The number of pyridine rings is 1. The lowest BCUT2D eigenvalue weighted by Crippen LogP contribution is -2.34. The van der Waals surface area contributed by atoms with Crippen molar-refractivity contribution in [2.45, 2.75) is 69.4 Å². The van der Waals surface area contributed by atoms with Crippen molar-refractivity contribution in [1.82, 2.24) is 9.88 Å². The number of carboxylic acid groups (broad SMARTS) is 1. The van der Waals surface area contributed by atoms with Gasteiger partial charge in [-0.15, -0.1) is 0 Å². The van der Waals surface area contributed by atoms with Crippen LogP contribution in [0.4, 0.5) is 5.82 Å². The van der Waals surface area contributed by atoms with E-state index in [0.29, 0.717) is 19.8 Å². The molecule has 2 N–H and O–H groups in total. The van der Waals surface area contributed by atoms with Crippen molar-refractivity contribution >= 4 is 11.8 Å². The van der Waals surface area contributed by atoms with Gasteiger partial charge in [0.25, 0.3) is 0 Å². The maximum Gasteiger partial charge on any atom is 0.325 e. The van der Waals surface area contributed by atoms with Crippen LogP contribution in [0.2, 0.25) is 0 Å². The van der Waals surface area contributed by atoms with Crippen LogP contribution in [0.5, 0.6) is 0 Å². The van der Waals surface area contributed by atoms with E-state index in [9.17, 15) is 9.90 Å². The van der Waals surface area contributed by atoms with Crippen LogP contribution in [0.25, 0.3) is 0 Å². The number of aliphatic carboxylic acids is 1. The zero-order valence-electron chi connectivity index (χ0n) is 21.2. The second-order valence-electron chi connectivity index (χ2n) is 10.4. The summed E-state index contributed by atoms with van der Waals surface area (Å²) < 4.78 is 11.9. The van der Waals surface area contributed by atoms with Gasteiger partial charge in [0.15, 0.2) is 0 Å². The number of hydrogen-bond acceptors (Lipinski definition) is 6. The number of anilines is 1. The lowest BCUT2D eigenvalue weighted by molar-refractivity contribution is -0.143. The molecule has 0 saturated carbocycles. The topological polar surface area (TPSA) is 83.9 Å². The van der Waals surface area contributed by atoms with E-state index in [1.54, 1.807) is 0 Å². The predicted octanol–water partition coefficient (Wildman–Crippen LogP) is 4.57. The fraction of sp³-hybridized carbons (Fsp3) is 0.586. The van der Waals surface area contributed by atoms with E-state index in [4.69, 9.17) is 14.5 Å². The van der Waals surface area contributed by atoms with Gasteiger partial charge in [0.2, 0.25) is 0 Å². The van der Waals surface area contributed by atoms with Gasteiger partial charge < -0.3 is 19.9 Å². The number of nitrogens with zero attached hydrogens (tertiary/aromatic N) is 2. The lowest BCUT2D eigenvalue weighted by Gasteiger charge is -2.30. The molecule has 0 spiro atoms. The molecule has 2 aromatic rings. The van der Waals surface area contributed by atoms with Crippen LogP contribution in [0.15, 0.2) is 36.4 Å². The number of carboxylic acids is 1. The van der Waals surface area contributed by atoms with Crippen molar-refractivity contribution in [3.05, 3.63) is 58.8 Å². The second-order valence-corrected chi connectivity index (χ2v) is 10.4. The molecule has 2 fully saturated rings. The van der Waals surface area contributed by atoms with Gasteiger partial charge in [-0.3, -0.25) is 9.69 Å². The molecular weight excluding hydrogens is 454 g/mol. The van der Waals surface area contributed by atoms with Gasteiger partial charge in [-0.05, 0) is 74.1 Å². The molecule has 2 saturated heterocycles. The minimum absolute atomic E-state index is 0.0862. The smallest absolute Gasteiger partial charge is 0.325 e. The van der Waals surface area contributed by atoms with Crippen LogP contribution in [-0.2, 0) is 27.1 Å². The molecule has 36 heavy (non-hydrogen) atoms. The fourth-order valence-electron chi connectivity index (χ4n) is 5.89. The molecule has 0 aliphatic carbocycles. The number of benzene rings is 1. The largest absolute Gasteiger partial charge is 0.480 e. The average Bonchev–Trinajstić information content (AvgIpc) is 3.37. The van der Waals surface area contributed by atoms with E-state index < -0.39 is 12.0 Å². The molecule has 7 nitrogen and oxygen atoms in total. The minimum Gasteiger partial charge on any atom is -0.480 e. The number of rotatable bonds is 10. The van der Waals surface area contributed by atoms with Crippen LogP contribution in [0.3, 0.4) is 0 Å². The Hall–Kier alpha value is -2.48. The molecule has 1 aromatic heterocycles. The number of ether oxygens (including phenoxy) is 2. The first-order valence-corrected chi connectivity index (χ1v) is 13.7. The number of likely N-dealkylation sites (tertiary alicyclic amines) is 1. The van der Waals surface area contributed by atoms with E-state index in [0.717, 1.165) is 87.3 Å². The summed E-state index contributed by atoms with van der Waals surface area (Å²) in [5.74, 6) is 0.547. The van der Waals surface area contributed by atoms with E-state index in [1.807, 2.05) is 18.2 Å². The molecular formula is C29H39N3O4. The molecule has 3 aliphatic rings. The van der Waals surface area contributed by atoms with Crippen LogP contribution < -0.4 is 5.32 Å². The van der Waals surface area contributed by atoms with Crippen molar-refractivity contribution < 1.29 is 19.4 Å². The number of aryl methyl sites for hydroxylation is 2. The van der Waals surface area contributed by atoms with Crippen LogP contribution in [0, 0.1) is 0 Å². The van der Waals surface area contributed by atoms with Gasteiger partial charge in [-0.2, -0.15) is 0 Å². The van der Waals surface area contributed by atoms with Gasteiger partial charge in [0.05, 0.1) is 12.7 Å². The Morgan fingerprint density at radius 1 is 1.19 bits per heavy atom. The number of unbranched alkanes of at least 4 members (excludes halogenated alkanes) is 1. The first-order chi connectivity index (χ1) is 17.7. The molecule has 3 atom stereocenters. The van der Waals surface area contributed by atoms with Crippen LogP contribution >= 0.6 is 0 Å². The summed E-state index contributed by atoms with van der Waals surface area (Å²) in [6.45, 7) is 4.59. The molecule has 0 radical (unpaired) electrons. The third-order valence-electron chi connectivity index (χ3n) is 7.80. The standard InChI is InChI=1S/C29H39N3O4/c33-29(34)27(26-11-2-1-10-25(26)22-8-6-17-35-20-22)32-16-14-24(19-32)36-18-4-3-9-23-13-12-21-7-5-15-30-28(21)31-23/h1-2,10-13,22,24,27H,3-9,14-20H2,(H,30,31)(H,33,34)/t22?,24-,27?/m1/s1. The van der Waals surface area contributed by atoms with Gasteiger partial charge >= 0.3 is 5.97 Å². The third kappa shape index (κ3) is 6.07. The van der Waals surface area contributed by atoms with Crippen molar-refractivity contribution in [3.63, 3.8) is 0 Å². The number of carbonyl (C=O) groups is 1. The van der Waals surface area contributed by atoms with Crippen molar-refractivity contribution in [3.8, 4) is 0 Å². The Kier molecular flexibility index (Phi) is 8.51. The van der Waals surface area contributed by atoms with Gasteiger partial charge in [-0.1, -0.05) is 30.3 Å². The minimum atomic E-state index is -0.785. The highest BCUT2D eigenvalue weighted by Crippen LogP contribution is 2.35. The highest BCUT2D eigenvalue weighted by molar-refractivity contribution is 5.76. The molecule has 1 aromatic carbocycles. The maximum absolute atomic E-state index is 12.4. The van der Waals surface area contributed by atoms with E-state index in [2.05, 4.69) is 28.4 Å². The summed E-state index contributed by atoms with van der Waals surface area (Å²) in [5, 5.41) is 13.6. The monoisotopic (exact) mass is 493 g/mol. The molecule has 2 unspecified atom stereocenters. The Morgan fingerprint density at radius 2 is 2.11 bits per heavy atom. The van der Waals surface area contributed by atoms with Gasteiger partial charge in [0, 0.05) is 44.5 Å². The summed E-state index contributed by atoms with van der Waals surface area (Å²) in [7, 11) is 0. The maximum atomic E-state index is 12.4. The molecule has 4 heterocycles. The first kappa shape index (κ1) is 25.2. The predicted molar refractivity (Wildman–Crippen MR) is 140 cm³/mol. The highest BCUT2D eigenvalue weighted by atomic mass is 16.5. The van der Waals surface area contributed by atoms with Crippen LogP contribution in [-0.4, -0.2) is 66.5 Å². The highest BCUT2D eigenvalue weighted by Gasteiger charge is 2.36. The number of aromatic nitrogens is 1. The van der Waals surface area contributed by atoms with E-state index >= 15 is 0 Å². The Labute approximate surface area is 214 Å². The summed E-state index contributed by atoms with van der Waals surface area (Å²) in [4.78, 5) is 19.3.